The van der Waals surface area contributed by atoms with E-state index >= 15 is 0 Å². The second-order valence-corrected chi connectivity index (χ2v) is 7.48. The molecular weight excluding hydrogens is 256 g/mol. The van der Waals surface area contributed by atoms with Gasteiger partial charge in [0.15, 0.2) is 0 Å². The highest BCUT2D eigenvalue weighted by molar-refractivity contribution is 7.22. The smallest absolute Gasteiger partial charge is 0.0477 e. The Morgan fingerprint density at radius 3 is 2.44 bits per heavy atom. The number of hydrogen-bond donors (Lipinski definition) is 0. The van der Waals surface area contributed by atoms with Gasteiger partial charge in [0, 0.05) is 19.5 Å². The molecule has 0 aliphatic heterocycles. The zero-order valence-electron chi connectivity index (χ0n) is 11.6. The first-order valence-electron chi connectivity index (χ1n) is 6.87. The van der Waals surface area contributed by atoms with Gasteiger partial charge in [0.2, 0.25) is 0 Å². The average molecular weight is 278 g/mol. The third-order valence-electron chi connectivity index (χ3n) is 3.20. The van der Waals surface area contributed by atoms with Crippen LogP contribution in [0.3, 0.4) is 0 Å². The van der Waals surface area contributed by atoms with Crippen molar-refractivity contribution in [3.05, 3.63) is 33.5 Å². The molecule has 98 valence electrons. The highest BCUT2D eigenvalue weighted by Gasteiger charge is 2.10. The highest BCUT2D eigenvalue weighted by Crippen LogP contribution is 2.37. The summed E-state index contributed by atoms with van der Waals surface area (Å²) in [5, 5.41) is 0. The van der Waals surface area contributed by atoms with Crippen molar-refractivity contribution < 1.29 is 0 Å². The zero-order valence-corrected chi connectivity index (χ0v) is 13.2. The highest BCUT2D eigenvalue weighted by atomic mass is 32.1. The lowest BCUT2D eigenvalue weighted by Crippen LogP contribution is -1.85. The lowest BCUT2D eigenvalue weighted by Gasteiger charge is -2.01. The van der Waals surface area contributed by atoms with E-state index in [0.29, 0.717) is 0 Å². The Hall–Kier alpha value is -0.600. The predicted octanol–water partition coefficient (Wildman–Crippen LogP) is 6.22. The van der Waals surface area contributed by atoms with E-state index in [1.165, 1.54) is 51.6 Å². The first-order chi connectivity index (χ1) is 8.70. The predicted molar refractivity (Wildman–Crippen MR) is 85.0 cm³/mol. The van der Waals surface area contributed by atoms with Gasteiger partial charge in [0.05, 0.1) is 0 Å². The van der Waals surface area contributed by atoms with Crippen molar-refractivity contribution in [2.45, 2.75) is 52.9 Å². The molecule has 2 heteroatoms. The summed E-state index contributed by atoms with van der Waals surface area (Å²) < 4.78 is 0. The first-order valence-corrected chi connectivity index (χ1v) is 8.50. The molecular formula is C16H22S2. The maximum atomic E-state index is 2.39. The summed E-state index contributed by atoms with van der Waals surface area (Å²) in [5.74, 6) is 0. The molecule has 0 fully saturated rings. The van der Waals surface area contributed by atoms with Crippen LogP contribution in [0.4, 0.5) is 0 Å². The van der Waals surface area contributed by atoms with E-state index in [1.807, 2.05) is 22.7 Å². The van der Waals surface area contributed by atoms with Gasteiger partial charge in [-0.2, -0.15) is 0 Å². The van der Waals surface area contributed by atoms with E-state index in [0.717, 1.165) is 0 Å². The fraction of sp³-hybridized carbons (Fsp3) is 0.500. The van der Waals surface area contributed by atoms with Crippen LogP contribution in [0.5, 0.6) is 0 Å². The van der Waals surface area contributed by atoms with Gasteiger partial charge in [0.1, 0.15) is 0 Å². The zero-order chi connectivity index (χ0) is 13.0. The quantitative estimate of drug-likeness (QED) is 0.550. The van der Waals surface area contributed by atoms with E-state index in [1.54, 1.807) is 5.56 Å². The fourth-order valence-corrected chi connectivity index (χ4v) is 4.34. The van der Waals surface area contributed by atoms with Gasteiger partial charge in [-0.3, -0.25) is 0 Å². The van der Waals surface area contributed by atoms with E-state index < -0.39 is 0 Å². The standard InChI is InChI=1S/C16H22S2/c1-4-5-6-7-8-14-11-13(3)18-16(14)15-10-9-12(2)17-15/h9-11H,4-8H2,1-3H3. The molecule has 0 radical (unpaired) electrons. The van der Waals surface area contributed by atoms with Crippen molar-refractivity contribution in [1.82, 2.24) is 0 Å². The van der Waals surface area contributed by atoms with E-state index in [-0.39, 0.29) is 0 Å². The molecule has 2 rings (SSSR count). The maximum Gasteiger partial charge on any atom is 0.0477 e. The molecule has 2 aromatic heterocycles. The lowest BCUT2D eigenvalue weighted by atomic mass is 10.1. The summed E-state index contributed by atoms with van der Waals surface area (Å²) in [6, 6.07) is 6.90. The molecule has 0 nitrogen and oxygen atoms in total. The topological polar surface area (TPSA) is 0 Å². The molecule has 2 heterocycles. The molecule has 0 aliphatic carbocycles. The average Bonchev–Trinajstić information content (AvgIpc) is 2.91. The molecule has 0 saturated carbocycles. The normalized spacial score (nSPS) is 11.1. The number of hydrogen-bond acceptors (Lipinski definition) is 2. The van der Waals surface area contributed by atoms with Crippen LogP contribution in [0.25, 0.3) is 9.75 Å². The Balaban J connectivity index is 2.10. The van der Waals surface area contributed by atoms with Crippen LogP contribution in [0.1, 0.15) is 47.9 Å². The summed E-state index contributed by atoms with van der Waals surface area (Å²) in [4.78, 5) is 5.83. The van der Waals surface area contributed by atoms with Crippen LogP contribution in [0, 0.1) is 13.8 Å². The first kappa shape index (κ1) is 13.8. The molecule has 0 aliphatic rings. The Bertz CT molecular complexity index is 491. The van der Waals surface area contributed by atoms with Crippen LogP contribution in [-0.2, 0) is 6.42 Å². The van der Waals surface area contributed by atoms with Crippen LogP contribution >= 0.6 is 22.7 Å². The number of thiophene rings is 2. The minimum Gasteiger partial charge on any atom is -0.140 e. The molecule has 0 unspecified atom stereocenters. The van der Waals surface area contributed by atoms with E-state index in [9.17, 15) is 0 Å². The molecule has 0 spiro atoms. The van der Waals surface area contributed by atoms with E-state index in [2.05, 4.69) is 39.0 Å². The third-order valence-corrected chi connectivity index (χ3v) is 5.47. The van der Waals surface area contributed by atoms with Crippen molar-refractivity contribution in [2.75, 3.05) is 0 Å². The van der Waals surface area contributed by atoms with Gasteiger partial charge in [-0.25, -0.2) is 0 Å². The molecule has 0 atom stereocenters. The van der Waals surface area contributed by atoms with Crippen LogP contribution in [0.15, 0.2) is 18.2 Å². The second kappa shape index (κ2) is 6.53. The van der Waals surface area contributed by atoms with Crippen molar-refractivity contribution in [2.24, 2.45) is 0 Å². The molecule has 0 bridgehead atoms. The van der Waals surface area contributed by atoms with Gasteiger partial charge in [-0.15, -0.1) is 22.7 Å². The largest absolute Gasteiger partial charge is 0.140 e. The lowest BCUT2D eigenvalue weighted by molar-refractivity contribution is 0.668. The van der Waals surface area contributed by atoms with Crippen molar-refractivity contribution >= 4 is 22.7 Å². The summed E-state index contributed by atoms with van der Waals surface area (Å²) in [5.41, 5.74) is 1.57. The fourth-order valence-electron chi connectivity index (χ4n) is 2.26. The molecule has 0 amide bonds. The minimum absolute atomic E-state index is 1.25. The Morgan fingerprint density at radius 1 is 0.944 bits per heavy atom. The molecule has 0 saturated heterocycles. The maximum absolute atomic E-state index is 2.39. The number of rotatable bonds is 6. The Labute approximate surface area is 119 Å². The van der Waals surface area contributed by atoms with Crippen molar-refractivity contribution in [3.63, 3.8) is 0 Å². The Kier molecular flexibility index (Phi) is 5.02. The van der Waals surface area contributed by atoms with Crippen LogP contribution in [0.2, 0.25) is 0 Å². The summed E-state index contributed by atoms with van der Waals surface area (Å²) in [7, 11) is 0. The summed E-state index contributed by atoms with van der Waals surface area (Å²) in [6.07, 6.45) is 6.64. The summed E-state index contributed by atoms with van der Waals surface area (Å²) in [6.45, 7) is 6.69. The minimum atomic E-state index is 1.25. The van der Waals surface area contributed by atoms with Gasteiger partial charge in [-0.05, 0) is 50.5 Å². The summed E-state index contributed by atoms with van der Waals surface area (Å²) >= 11 is 3.88. The van der Waals surface area contributed by atoms with Gasteiger partial charge in [0.25, 0.3) is 0 Å². The van der Waals surface area contributed by atoms with Crippen LogP contribution < -0.4 is 0 Å². The van der Waals surface area contributed by atoms with Crippen molar-refractivity contribution in [1.29, 1.82) is 0 Å². The van der Waals surface area contributed by atoms with Gasteiger partial charge < -0.3 is 0 Å². The molecule has 0 N–H and O–H groups in total. The third kappa shape index (κ3) is 3.46. The Morgan fingerprint density at radius 2 is 1.78 bits per heavy atom. The van der Waals surface area contributed by atoms with Crippen LogP contribution in [-0.4, -0.2) is 0 Å². The monoisotopic (exact) mass is 278 g/mol. The van der Waals surface area contributed by atoms with Gasteiger partial charge >= 0.3 is 0 Å². The van der Waals surface area contributed by atoms with Crippen molar-refractivity contribution in [3.8, 4) is 9.75 Å². The molecule has 2 aromatic rings. The number of unbranched alkanes of at least 4 members (excludes halogenated alkanes) is 3. The van der Waals surface area contributed by atoms with Gasteiger partial charge in [-0.1, -0.05) is 26.2 Å². The molecule has 18 heavy (non-hydrogen) atoms. The SMILES string of the molecule is CCCCCCc1cc(C)sc1-c1ccc(C)s1. The number of aryl methyl sites for hydroxylation is 3. The molecule has 0 aromatic carbocycles. The van der Waals surface area contributed by atoms with E-state index in [4.69, 9.17) is 0 Å². The second-order valence-electron chi connectivity index (χ2n) is 4.93.